The van der Waals surface area contributed by atoms with Gasteiger partial charge in [0.2, 0.25) is 0 Å². The maximum absolute atomic E-state index is 12.7. The van der Waals surface area contributed by atoms with E-state index in [1.807, 2.05) is 0 Å². The fourth-order valence-corrected chi connectivity index (χ4v) is 7.53. The van der Waals surface area contributed by atoms with Crippen LogP contribution in [0.3, 0.4) is 0 Å². The van der Waals surface area contributed by atoms with E-state index < -0.39 is 8.07 Å². The predicted octanol–water partition coefficient (Wildman–Crippen LogP) is 4.60. The fourth-order valence-electron chi connectivity index (χ4n) is 5.62. The highest BCUT2D eigenvalue weighted by atomic mass is 28.3. The van der Waals surface area contributed by atoms with Gasteiger partial charge in [-0.05, 0) is 23.7 Å². The number of carbonyl (C=O) groups excluding carboxylic acids is 1. The maximum atomic E-state index is 12.7. The fraction of sp³-hybridized carbons (Fsp3) is 0.824. The Morgan fingerprint density at radius 2 is 1.79 bits per heavy atom. The number of hydrogen-bond donors (Lipinski definition) is 0. The van der Waals surface area contributed by atoms with Gasteiger partial charge >= 0.3 is 0 Å². The van der Waals surface area contributed by atoms with Crippen molar-refractivity contribution in [2.24, 2.45) is 22.2 Å². The second kappa shape index (κ2) is 3.44. The Labute approximate surface area is 118 Å². The number of ketones is 1. The van der Waals surface area contributed by atoms with Crippen molar-refractivity contribution in [3.8, 4) is 0 Å². The largest absolute Gasteiger partial charge is 0.299 e. The highest BCUT2D eigenvalue weighted by molar-refractivity contribution is 6.83. The molecule has 0 amide bonds. The average Bonchev–Trinajstić information content (AvgIpc) is 2.25. The molecule has 0 aromatic heterocycles. The van der Waals surface area contributed by atoms with Gasteiger partial charge in [0.15, 0.2) is 0 Å². The number of hydrogen-bond acceptors (Lipinski definition) is 1. The Bertz CT molecular complexity index is 482. The van der Waals surface area contributed by atoms with E-state index >= 15 is 0 Å². The molecule has 0 heterocycles. The summed E-state index contributed by atoms with van der Waals surface area (Å²) in [6, 6.07) is 0. The van der Waals surface area contributed by atoms with Gasteiger partial charge in [-0.1, -0.05) is 58.1 Å². The van der Waals surface area contributed by atoms with Crippen LogP contribution in [0.1, 0.15) is 46.5 Å². The molecule has 106 valence electrons. The minimum atomic E-state index is -1.34. The lowest BCUT2D eigenvalue weighted by Gasteiger charge is -2.64. The third kappa shape index (κ3) is 1.39. The van der Waals surface area contributed by atoms with Crippen LogP contribution in [-0.2, 0) is 4.79 Å². The average molecular weight is 276 g/mol. The van der Waals surface area contributed by atoms with Gasteiger partial charge in [-0.15, -0.1) is 0 Å². The van der Waals surface area contributed by atoms with Crippen LogP contribution in [0.25, 0.3) is 0 Å². The molecule has 2 saturated carbocycles. The molecular formula is C17H28OSi. The summed E-state index contributed by atoms with van der Waals surface area (Å²) in [4.78, 5) is 12.7. The summed E-state index contributed by atoms with van der Waals surface area (Å²) in [5, 5.41) is 1.55. The third-order valence-electron chi connectivity index (χ3n) is 6.55. The van der Waals surface area contributed by atoms with Crippen LogP contribution in [0.4, 0.5) is 0 Å². The zero-order valence-electron chi connectivity index (χ0n) is 13.4. The van der Waals surface area contributed by atoms with Gasteiger partial charge in [0.1, 0.15) is 5.78 Å². The van der Waals surface area contributed by atoms with Crippen molar-refractivity contribution in [1.82, 2.24) is 0 Å². The van der Waals surface area contributed by atoms with E-state index in [1.165, 1.54) is 19.3 Å². The summed E-state index contributed by atoms with van der Waals surface area (Å²) in [7, 11) is -1.34. The number of rotatable bonds is 1. The Morgan fingerprint density at radius 1 is 1.16 bits per heavy atom. The normalized spacial score (nSPS) is 44.2. The standard InChI is InChI=1S/C17H28OSi/c1-15(2)8-7-9-16(3)10-12(18)14-13(19(4,5)6)11-17(14,15)16/h11,14H,7-10H2,1-6H3/t14-,16+,17+/m0/s1. The lowest BCUT2D eigenvalue weighted by Crippen LogP contribution is -2.60. The summed E-state index contributed by atoms with van der Waals surface area (Å²) in [5.74, 6) is 0.830. The quantitative estimate of drug-likeness (QED) is 0.640. The van der Waals surface area contributed by atoms with Gasteiger partial charge in [0, 0.05) is 17.8 Å². The smallest absolute Gasteiger partial charge is 0.141 e. The number of carbonyl (C=O) groups is 1. The number of Topliss-reactive ketones (excluding diaryl/α,β-unsaturated/α-hetero) is 1. The van der Waals surface area contributed by atoms with Gasteiger partial charge in [0.25, 0.3) is 0 Å². The molecule has 3 rings (SSSR count). The molecule has 2 heteroatoms. The summed E-state index contributed by atoms with van der Waals surface area (Å²) in [5.41, 5.74) is 0.713. The lowest BCUT2D eigenvalue weighted by atomic mass is 9.42. The van der Waals surface area contributed by atoms with Crippen molar-refractivity contribution in [2.45, 2.75) is 66.1 Å². The first-order valence-electron chi connectivity index (χ1n) is 7.81. The molecule has 2 fully saturated rings. The first-order valence-corrected chi connectivity index (χ1v) is 11.3. The van der Waals surface area contributed by atoms with Crippen LogP contribution in [0.5, 0.6) is 0 Å². The third-order valence-corrected chi connectivity index (χ3v) is 8.72. The van der Waals surface area contributed by atoms with E-state index in [2.05, 4.69) is 46.5 Å². The predicted molar refractivity (Wildman–Crippen MR) is 82.7 cm³/mol. The molecule has 0 bridgehead atoms. The van der Waals surface area contributed by atoms with E-state index in [-0.39, 0.29) is 16.7 Å². The molecule has 0 aliphatic heterocycles. The van der Waals surface area contributed by atoms with Crippen molar-refractivity contribution >= 4 is 13.9 Å². The topological polar surface area (TPSA) is 17.1 Å². The molecule has 3 aliphatic rings. The Balaban J connectivity index is 2.18. The van der Waals surface area contributed by atoms with E-state index in [9.17, 15) is 4.79 Å². The summed E-state index contributed by atoms with van der Waals surface area (Å²) in [6.07, 6.45) is 7.23. The van der Waals surface area contributed by atoms with Crippen LogP contribution in [0.15, 0.2) is 11.3 Å². The van der Waals surface area contributed by atoms with Crippen molar-refractivity contribution in [3.05, 3.63) is 11.3 Å². The van der Waals surface area contributed by atoms with Crippen molar-refractivity contribution in [2.75, 3.05) is 0 Å². The second-order valence-electron chi connectivity index (χ2n) is 9.09. The minimum Gasteiger partial charge on any atom is -0.299 e. The molecule has 3 atom stereocenters. The van der Waals surface area contributed by atoms with Crippen molar-refractivity contribution in [1.29, 1.82) is 0 Å². The Morgan fingerprint density at radius 3 is 2.37 bits per heavy atom. The second-order valence-corrected chi connectivity index (χ2v) is 14.2. The molecule has 0 saturated heterocycles. The van der Waals surface area contributed by atoms with Crippen LogP contribution in [-0.4, -0.2) is 13.9 Å². The molecule has 3 aliphatic carbocycles. The number of allylic oxidation sites excluding steroid dienone is 2. The Kier molecular flexibility index (Phi) is 2.46. The first-order chi connectivity index (χ1) is 8.55. The summed E-state index contributed by atoms with van der Waals surface area (Å²) >= 11 is 0. The zero-order chi connectivity index (χ0) is 14.3. The highest BCUT2D eigenvalue weighted by Gasteiger charge is 2.72. The molecule has 0 aromatic rings. The SMILES string of the molecule is CC1(C)CCC[C@]2(C)CC(=O)[C@H]3C([Si](C)(C)C)=C[C@@]312. The van der Waals surface area contributed by atoms with Crippen LogP contribution >= 0.6 is 0 Å². The Hall–Kier alpha value is -0.373. The van der Waals surface area contributed by atoms with Crippen LogP contribution < -0.4 is 0 Å². The molecule has 0 N–H and O–H groups in total. The first kappa shape index (κ1) is 13.6. The van der Waals surface area contributed by atoms with Crippen molar-refractivity contribution in [3.63, 3.8) is 0 Å². The molecule has 0 unspecified atom stereocenters. The maximum Gasteiger partial charge on any atom is 0.141 e. The van der Waals surface area contributed by atoms with Crippen LogP contribution in [0.2, 0.25) is 19.6 Å². The summed E-state index contributed by atoms with van der Waals surface area (Å²) < 4.78 is 0. The molecule has 19 heavy (non-hydrogen) atoms. The van der Waals surface area contributed by atoms with Gasteiger partial charge in [-0.25, -0.2) is 0 Å². The van der Waals surface area contributed by atoms with Crippen LogP contribution in [0, 0.1) is 22.2 Å². The van der Waals surface area contributed by atoms with Gasteiger partial charge in [0.05, 0.1) is 8.07 Å². The monoisotopic (exact) mass is 276 g/mol. The molecule has 0 aromatic carbocycles. The zero-order valence-corrected chi connectivity index (χ0v) is 14.4. The highest BCUT2D eigenvalue weighted by Crippen LogP contribution is 2.75. The molecule has 1 spiro atoms. The van der Waals surface area contributed by atoms with Crippen molar-refractivity contribution < 1.29 is 4.79 Å². The molecule has 1 nitrogen and oxygen atoms in total. The van der Waals surface area contributed by atoms with E-state index in [4.69, 9.17) is 0 Å². The minimum absolute atomic E-state index is 0.185. The summed E-state index contributed by atoms with van der Waals surface area (Å²) in [6.45, 7) is 14.4. The molecular weight excluding hydrogens is 248 g/mol. The lowest BCUT2D eigenvalue weighted by molar-refractivity contribution is -0.123. The van der Waals surface area contributed by atoms with Gasteiger partial charge in [-0.3, -0.25) is 4.79 Å². The van der Waals surface area contributed by atoms with E-state index in [0.29, 0.717) is 11.2 Å². The van der Waals surface area contributed by atoms with Gasteiger partial charge in [-0.2, -0.15) is 0 Å². The van der Waals surface area contributed by atoms with E-state index in [1.54, 1.807) is 5.20 Å². The van der Waals surface area contributed by atoms with E-state index in [0.717, 1.165) is 6.42 Å². The molecule has 0 radical (unpaired) electrons. The van der Waals surface area contributed by atoms with Gasteiger partial charge < -0.3 is 0 Å².